The van der Waals surface area contributed by atoms with Gasteiger partial charge in [0.1, 0.15) is 6.54 Å². The van der Waals surface area contributed by atoms with E-state index in [9.17, 15) is 18.0 Å². The summed E-state index contributed by atoms with van der Waals surface area (Å²) < 4.78 is 30.5. The number of esters is 1. The van der Waals surface area contributed by atoms with Gasteiger partial charge < -0.3 is 9.30 Å². The third-order valence-corrected chi connectivity index (χ3v) is 6.77. The SMILES string of the molecule is CCc1ccc2c(c1)sc(=NC(=O)Cc1ccc(S(C)(=O)=O)cc1)n2CC(=O)OC. The molecule has 0 aliphatic carbocycles. The molecule has 0 aliphatic rings. The number of aromatic nitrogens is 1. The zero-order valence-electron chi connectivity index (χ0n) is 16.9. The number of amides is 1. The van der Waals surface area contributed by atoms with E-state index in [0.29, 0.717) is 10.4 Å². The molecule has 1 heterocycles. The standard InChI is InChI=1S/C21H22N2O5S2/c1-4-14-7-10-17-18(11-14)29-21(23(17)13-20(25)28-2)22-19(24)12-15-5-8-16(9-6-15)30(3,26)27/h5-11H,4,12-13H2,1-3H3. The van der Waals surface area contributed by atoms with Gasteiger partial charge in [0.15, 0.2) is 14.6 Å². The predicted molar refractivity (Wildman–Crippen MR) is 115 cm³/mol. The molecule has 3 rings (SSSR count). The number of benzene rings is 2. The average molecular weight is 447 g/mol. The van der Waals surface area contributed by atoms with Gasteiger partial charge in [-0.3, -0.25) is 9.59 Å². The van der Waals surface area contributed by atoms with E-state index in [-0.39, 0.29) is 23.8 Å². The number of ether oxygens (including phenoxy) is 1. The molecule has 2 aromatic carbocycles. The normalized spacial score (nSPS) is 12.3. The van der Waals surface area contributed by atoms with Gasteiger partial charge >= 0.3 is 5.97 Å². The monoisotopic (exact) mass is 446 g/mol. The number of hydrogen-bond donors (Lipinski definition) is 0. The largest absolute Gasteiger partial charge is 0.468 e. The first kappa shape index (κ1) is 21.9. The number of aryl methyl sites for hydroxylation is 1. The molecule has 1 aromatic heterocycles. The number of thiazole rings is 1. The number of hydrogen-bond acceptors (Lipinski definition) is 6. The van der Waals surface area contributed by atoms with Crippen molar-refractivity contribution in [3.8, 4) is 0 Å². The molecule has 0 unspecified atom stereocenters. The lowest BCUT2D eigenvalue weighted by Gasteiger charge is -2.04. The summed E-state index contributed by atoms with van der Waals surface area (Å²) in [5.41, 5.74) is 2.62. The Morgan fingerprint density at radius 2 is 1.77 bits per heavy atom. The van der Waals surface area contributed by atoms with E-state index in [0.717, 1.165) is 28.5 Å². The Hall–Kier alpha value is -2.78. The lowest BCUT2D eigenvalue weighted by molar-refractivity contribution is -0.141. The average Bonchev–Trinajstić information content (AvgIpc) is 3.03. The van der Waals surface area contributed by atoms with Crippen LogP contribution in [0.1, 0.15) is 18.1 Å². The molecule has 1 amide bonds. The number of sulfone groups is 1. The predicted octanol–water partition coefficient (Wildman–Crippen LogP) is 2.51. The second-order valence-electron chi connectivity index (χ2n) is 6.80. The lowest BCUT2D eigenvalue weighted by Crippen LogP contribution is -2.22. The van der Waals surface area contributed by atoms with Gasteiger partial charge in [-0.2, -0.15) is 4.99 Å². The van der Waals surface area contributed by atoms with Crippen LogP contribution in [0, 0.1) is 0 Å². The minimum absolute atomic E-state index is 0.0245. The fourth-order valence-corrected chi connectivity index (χ4v) is 4.69. The first-order chi connectivity index (χ1) is 14.2. The Bertz CT molecular complexity index is 1270. The van der Waals surface area contributed by atoms with Crippen molar-refractivity contribution in [1.82, 2.24) is 4.57 Å². The molecule has 0 bridgehead atoms. The number of fused-ring (bicyclic) bond motifs is 1. The Morgan fingerprint density at radius 3 is 2.37 bits per heavy atom. The molecule has 0 fully saturated rings. The molecule has 0 spiro atoms. The van der Waals surface area contributed by atoms with Crippen LogP contribution in [-0.4, -0.2) is 38.2 Å². The molecular weight excluding hydrogens is 424 g/mol. The van der Waals surface area contributed by atoms with Crippen molar-refractivity contribution < 1.29 is 22.7 Å². The maximum absolute atomic E-state index is 12.6. The number of rotatable bonds is 6. The van der Waals surface area contributed by atoms with Gasteiger partial charge in [0, 0.05) is 6.26 Å². The van der Waals surface area contributed by atoms with Gasteiger partial charge in [0.2, 0.25) is 0 Å². The van der Waals surface area contributed by atoms with E-state index in [1.165, 1.54) is 30.6 Å². The molecule has 158 valence electrons. The Balaban J connectivity index is 1.96. The van der Waals surface area contributed by atoms with Crippen LogP contribution in [0.15, 0.2) is 52.4 Å². The molecule has 7 nitrogen and oxygen atoms in total. The number of methoxy groups -OCH3 is 1. The summed E-state index contributed by atoms with van der Waals surface area (Å²) in [5, 5.41) is 0. The fourth-order valence-electron chi connectivity index (χ4n) is 2.94. The van der Waals surface area contributed by atoms with Crippen molar-refractivity contribution in [2.24, 2.45) is 4.99 Å². The zero-order chi connectivity index (χ0) is 21.9. The van der Waals surface area contributed by atoms with Gasteiger partial charge in [-0.1, -0.05) is 36.5 Å². The van der Waals surface area contributed by atoms with Crippen molar-refractivity contribution in [3.63, 3.8) is 0 Å². The van der Waals surface area contributed by atoms with E-state index in [2.05, 4.69) is 11.9 Å². The van der Waals surface area contributed by atoms with Crippen LogP contribution < -0.4 is 4.80 Å². The maximum atomic E-state index is 12.6. The summed E-state index contributed by atoms with van der Waals surface area (Å²) in [5.74, 6) is -0.817. The van der Waals surface area contributed by atoms with E-state index < -0.39 is 15.8 Å². The Morgan fingerprint density at radius 1 is 1.10 bits per heavy atom. The highest BCUT2D eigenvalue weighted by Crippen LogP contribution is 2.20. The van der Waals surface area contributed by atoms with Gasteiger partial charge in [0.05, 0.1) is 28.6 Å². The number of nitrogens with zero attached hydrogens (tertiary/aromatic N) is 2. The summed E-state index contributed by atoms with van der Waals surface area (Å²) in [4.78, 5) is 29.3. The molecule has 3 aromatic rings. The van der Waals surface area contributed by atoms with Crippen LogP contribution in [0.25, 0.3) is 10.2 Å². The molecule has 0 aliphatic heterocycles. The molecule has 30 heavy (non-hydrogen) atoms. The summed E-state index contributed by atoms with van der Waals surface area (Å²) >= 11 is 1.34. The van der Waals surface area contributed by atoms with Crippen LogP contribution >= 0.6 is 11.3 Å². The van der Waals surface area contributed by atoms with Gasteiger partial charge in [-0.05, 0) is 41.8 Å². The fraction of sp³-hybridized carbons (Fsp3) is 0.286. The van der Waals surface area contributed by atoms with Crippen LogP contribution in [0.3, 0.4) is 0 Å². The Kier molecular flexibility index (Phi) is 6.52. The van der Waals surface area contributed by atoms with E-state index >= 15 is 0 Å². The highest BCUT2D eigenvalue weighted by atomic mass is 32.2. The molecule has 0 atom stereocenters. The first-order valence-corrected chi connectivity index (χ1v) is 12.0. The van der Waals surface area contributed by atoms with Crippen molar-refractivity contribution in [1.29, 1.82) is 0 Å². The Labute approximate surface area is 178 Å². The summed E-state index contributed by atoms with van der Waals surface area (Å²) in [7, 11) is -1.98. The summed E-state index contributed by atoms with van der Waals surface area (Å²) in [6.45, 7) is 2.01. The van der Waals surface area contributed by atoms with Crippen LogP contribution in [-0.2, 0) is 43.5 Å². The second kappa shape index (κ2) is 8.93. The highest BCUT2D eigenvalue weighted by Gasteiger charge is 2.13. The van der Waals surface area contributed by atoms with E-state index in [1.807, 2.05) is 18.2 Å². The van der Waals surface area contributed by atoms with Crippen molar-refractivity contribution >= 4 is 43.3 Å². The minimum Gasteiger partial charge on any atom is -0.468 e. The highest BCUT2D eigenvalue weighted by molar-refractivity contribution is 7.90. The molecule has 0 saturated carbocycles. The van der Waals surface area contributed by atoms with E-state index in [1.54, 1.807) is 16.7 Å². The summed E-state index contributed by atoms with van der Waals surface area (Å²) in [6.07, 6.45) is 2.03. The van der Waals surface area contributed by atoms with Gasteiger partial charge in [0.25, 0.3) is 5.91 Å². The van der Waals surface area contributed by atoms with Gasteiger partial charge in [-0.15, -0.1) is 0 Å². The topological polar surface area (TPSA) is 94.8 Å². The second-order valence-corrected chi connectivity index (χ2v) is 9.83. The van der Waals surface area contributed by atoms with Crippen molar-refractivity contribution in [3.05, 3.63) is 58.4 Å². The molecular formula is C21H22N2O5S2. The first-order valence-electron chi connectivity index (χ1n) is 9.27. The van der Waals surface area contributed by atoms with Gasteiger partial charge in [-0.25, -0.2) is 8.42 Å². The zero-order valence-corrected chi connectivity index (χ0v) is 18.5. The lowest BCUT2D eigenvalue weighted by atomic mass is 10.1. The smallest absolute Gasteiger partial charge is 0.325 e. The molecule has 0 N–H and O–H groups in total. The van der Waals surface area contributed by atoms with Crippen LogP contribution in [0.2, 0.25) is 0 Å². The number of carbonyl (C=O) groups is 2. The number of carbonyl (C=O) groups excluding carboxylic acids is 2. The third-order valence-electron chi connectivity index (χ3n) is 4.60. The summed E-state index contributed by atoms with van der Waals surface area (Å²) in [6, 6.07) is 12.1. The van der Waals surface area contributed by atoms with E-state index in [4.69, 9.17) is 4.74 Å². The molecule has 9 heteroatoms. The minimum atomic E-state index is -3.29. The van der Waals surface area contributed by atoms with Crippen molar-refractivity contribution in [2.75, 3.05) is 13.4 Å². The molecule has 0 saturated heterocycles. The maximum Gasteiger partial charge on any atom is 0.325 e. The van der Waals surface area contributed by atoms with Crippen molar-refractivity contribution in [2.45, 2.75) is 31.2 Å². The quantitative estimate of drug-likeness (QED) is 0.542. The van der Waals surface area contributed by atoms with Crippen LogP contribution in [0.4, 0.5) is 0 Å². The van der Waals surface area contributed by atoms with Crippen LogP contribution in [0.5, 0.6) is 0 Å². The third kappa shape index (κ3) is 5.03. The molecule has 0 radical (unpaired) electrons.